The third kappa shape index (κ3) is 4.81. The van der Waals surface area contributed by atoms with Crippen molar-refractivity contribution in [3.63, 3.8) is 0 Å². The molecular weight excluding hydrogens is 497 g/mol. The van der Waals surface area contributed by atoms with Crippen LogP contribution in [0.1, 0.15) is 11.1 Å². The van der Waals surface area contributed by atoms with Crippen LogP contribution in [0.5, 0.6) is 0 Å². The summed E-state index contributed by atoms with van der Waals surface area (Å²) in [6.07, 6.45) is 0. The van der Waals surface area contributed by atoms with Crippen LogP contribution in [0.3, 0.4) is 0 Å². The predicted molar refractivity (Wildman–Crippen MR) is 142 cm³/mol. The molecule has 6 rings (SSSR count). The molecule has 2 aliphatic heterocycles. The van der Waals surface area contributed by atoms with Gasteiger partial charge in [-0.25, -0.2) is 0 Å². The van der Waals surface area contributed by atoms with Gasteiger partial charge in [0.1, 0.15) is 0 Å². The van der Waals surface area contributed by atoms with Crippen LogP contribution in [-0.2, 0) is 22.7 Å². The molecule has 0 fully saturated rings. The van der Waals surface area contributed by atoms with Crippen LogP contribution in [-0.4, -0.2) is 13.2 Å². The van der Waals surface area contributed by atoms with E-state index in [2.05, 4.69) is 84.9 Å². The third-order valence-corrected chi connectivity index (χ3v) is 10.9. The summed E-state index contributed by atoms with van der Waals surface area (Å²) in [6, 6.07) is 30.2. The van der Waals surface area contributed by atoms with Crippen LogP contribution < -0.4 is 0 Å². The number of benzene rings is 4. The molecular formula is C28H22O2S4. The first kappa shape index (κ1) is 22.7. The molecule has 0 aliphatic carbocycles. The average Bonchev–Trinajstić information content (AvgIpc) is 2.88. The topological polar surface area (TPSA) is 18.5 Å². The van der Waals surface area contributed by atoms with Gasteiger partial charge >= 0.3 is 0 Å². The Morgan fingerprint density at radius 1 is 0.412 bits per heavy atom. The van der Waals surface area contributed by atoms with Crippen LogP contribution in [0.15, 0.2) is 124 Å². The highest BCUT2D eigenvalue weighted by atomic mass is 32.2. The molecule has 0 saturated heterocycles. The van der Waals surface area contributed by atoms with Crippen LogP contribution in [0, 0.1) is 0 Å². The molecule has 4 aromatic carbocycles. The summed E-state index contributed by atoms with van der Waals surface area (Å²) in [5.74, 6) is 0. The first-order valence-corrected chi connectivity index (χ1v) is 14.4. The summed E-state index contributed by atoms with van der Waals surface area (Å²) in [6.45, 7) is 2.37. The number of hydrogen-bond donors (Lipinski definition) is 0. The molecule has 0 unspecified atom stereocenters. The van der Waals surface area contributed by atoms with Gasteiger partial charge in [0, 0.05) is 39.2 Å². The fourth-order valence-electron chi connectivity index (χ4n) is 3.92. The SMILES string of the molecule is c1ccc2c(c1)Sc1cccc(COCCOCc3cccc4c3Sc3ccccc3S4)c1S2. The fourth-order valence-corrected chi connectivity index (χ4v) is 8.69. The molecule has 0 spiro atoms. The van der Waals surface area contributed by atoms with Crippen LogP contribution in [0.25, 0.3) is 0 Å². The third-order valence-electron chi connectivity index (χ3n) is 5.57. The van der Waals surface area contributed by atoms with E-state index in [4.69, 9.17) is 9.47 Å². The molecule has 0 atom stereocenters. The van der Waals surface area contributed by atoms with Gasteiger partial charge in [-0.2, -0.15) is 0 Å². The minimum Gasteiger partial charge on any atom is -0.374 e. The molecule has 0 aromatic heterocycles. The Balaban J connectivity index is 1.02. The largest absolute Gasteiger partial charge is 0.374 e. The monoisotopic (exact) mass is 518 g/mol. The number of hydrogen-bond acceptors (Lipinski definition) is 6. The van der Waals surface area contributed by atoms with Crippen molar-refractivity contribution in [2.24, 2.45) is 0 Å². The number of ether oxygens (including phenoxy) is 2. The Morgan fingerprint density at radius 3 is 1.24 bits per heavy atom. The maximum atomic E-state index is 6.01. The van der Waals surface area contributed by atoms with Crippen molar-refractivity contribution in [1.82, 2.24) is 0 Å². The van der Waals surface area contributed by atoms with Crippen molar-refractivity contribution < 1.29 is 9.47 Å². The van der Waals surface area contributed by atoms with E-state index in [0.717, 1.165) is 0 Å². The molecule has 170 valence electrons. The van der Waals surface area contributed by atoms with Crippen LogP contribution >= 0.6 is 47.0 Å². The van der Waals surface area contributed by atoms with E-state index in [1.165, 1.54) is 50.3 Å². The molecule has 0 saturated carbocycles. The lowest BCUT2D eigenvalue weighted by atomic mass is 10.2. The van der Waals surface area contributed by atoms with Gasteiger partial charge in [0.05, 0.1) is 26.4 Å². The van der Waals surface area contributed by atoms with E-state index in [1.807, 2.05) is 47.0 Å². The Hall–Kier alpha value is -1.80. The first-order chi connectivity index (χ1) is 16.8. The molecule has 6 heteroatoms. The molecule has 2 heterocycles. The van der Waals surface area contributed by atoms with Crippen LogP contribution in [0.4, 0.5) is 0 Å². The number of fused-ring (bicyclic) bond motifs is 4. The van der Waals surface area contributed by atoms with E-state index in [9.17, 15) is 0 Å². The van der Waals surface area contributed by atoms with Gasteiger partial charge in [-0.15, -0.1) is 0 Å². The van der Waals surface area contributed by atoms with Gasteiger partial charge in [0.25, 0.3) is 0 Å². The van der Waals surface area contributed by atoms with E-state index < -0.39 is 0 Å². The van der Waals surface area contributed by atoms with Crippen molar-refractivity contribution in [2.75, 3.05) is 13.2 Å². The highest BCUT2D eigenvalue weighted by Gasteiger charge is 2.20. The second kappa shape index (κ2) is 10.4. The van der Waals surface area contributed by atoms with Gasteiger partial charge in [-0.1, -0.05) is 95.6 Å². The maximum Gasteiger partial charge on any atom is 0.0729 e. The van der Waals surface area contributed by atoms with Crippen molar-refractivity contribution >= 4 is 47.0 Å². The second-order valence-electron chi connectivity index (χ2n) is 7.90. The fraction of sp³-hybridized carbons (Fsp3) is 0.143. The molecule has 0 amide bonds. The quantitative estimate of drug-likeness (QED) is 0.195. The minimum atomic E-state index is 0.581. The van der Waals surface area contributed by atoms with Gasteiger partial charge in [-0.05, 0) is 47.5 Å². The normalized spacial score (nSPS) is 13.5. The van der Waals surface area contributed by atoms with Crippen molar-refractivity contribution in [2.45, 2.75) is 52.4 Å². The smallest absolute Gasteiger partial charge is 0.0729 e. The summed E-state index contributed by atoms with van der Waals surface area (Å²) in [5.41, 5.74) is 2.49. The molecule has 0 N–H and O–H groups in total. The van der Waals surface area contributed by atoms with Gasteiger partial charge in [-0.3, -0.25) is 0 Å². The van der Waals surface area contributed by atoms with Crippen molar-refractivity contribution in [3.05, 3.63) is 96.1 Å². The minimum absolute atomic E-state index is 0.581. The Morgan fingerprint density at radius 2 is 0.794 bits per heavy atom. The van der Waals surface area contributed by atoms with Gasteiger partial charge in [0.2, 0.25) is 0 Å². The predicted octanol–water partition coefficient (Wildman–Crippen LogP) is 8.65. The van der Waals surface area contributed by atoms with E-state index in [1.54, 1.807) is 0 Å². The zero-order valence-corrected chi connectivity index (χ0v) is 21.6. The summed E-state index contributed by atoms with van der Waals surface area (Å²) in [7, 11) is 0. The zero-order chi connectivity index (χ0) is 22.7. The molecule has 2 aliphatic rings. The molecule has 0 bridgehead atoms. The average molecular weight is 519 g/mol. The molecule has 34 heavy (non-hydrogen) atoms. The first-order valence-electron chi connectivity index (χ1n) is 11.1. The molecule has 2 nitrogen and oxygen atoms in total. The van der Waals surface area contributed by atoms with Crippen molar-refractivity contribution in [1.29, 1.82) is 0 Å². The molecule has 0 radical (unpaired) electrons. The number of rotatable bonds is 7. The van der Waals surface area contributed by atoms with Crippen molar-refractivity contribution in [3.8, 4) is 0 Å². The Bertz CT molecular complexity index is 1230. The molecule has 4 aromatic rings. The lowest BCUT2D eigenvalue weighted by Crippen LogP contribution is -2.06. The Labute approximate surface area is 217 Å². The Kier molecular flexibility index (Phi) is 6.96. The summed E-state index contributed by atoms with van der Waals surface area (Å²) in [4.78, 5) is 10.6. The summed E-state index contributed by atoms with van der Waals surface area (Å²) < 4.78 is 12.0. The van der Waals surface area contributed by atoms with E-state index >= 15 is 0 Å². The van der Waals surface area contributed by atoms with E-state index in [-0.39, 0.29) is 0 Å². The second-order valence-corrected chi connectivity index (χ2v) is 12.2. The highest BCUT2D eigenvalue weighted by molar-refractivity contribution is 8.05. The zero-order valence-electron chi connectivity index (χ0n) is 18.4. The summed E-state index contributed by atoms with van der Waals surface area (Å²) in [5, 5.41) is 0. The van der Waals surface area contributed by atoms with Gasteiger partial charge in [0.15, 0.2) is 0 Å². The van der Waals surface area contributed by atoms with Crippen LogP contribution in [0.2, 0.25) is 0 Å². The standard InChI is InChI=1S/C28H22O2S4/c1-3-11-23-21(9-1)31-25-13-5-7-19(27(25)33-23)17-29-15-16-30-18-20-8-6-14-26-28(20)34-24-12-4-2-10-22(24)32-26/h1-14H,15-18H2. The highest BCUT2D eigenvalue weighted by Crippen LogP contribution is 2.50. The maximum absolute atomic E-state index is 6.01. The lowest BCUT2D eigenvalue weighted by Gasteiger charge is -2.21. The lowest BCUT2D eigenvalue weighted by molar-refractivity contribution is 0.0325. The van der Waals surface area contributed by atoms with E-state index in [0.29, 0.717) is 26.4 Å². The summed E-state index contributed by atoms with van der Waals surface area (Å²) >= 11 is 7.38. The van der Waals surface area contributed by atoms with Gasteiger partial charge < -0.3 is 9.47 Å².